The van der Waals surface area contributed by atoms with Crippen molar-refractivity contribution >= 4 is 0 Å². The maximum Gasteiger partial charge on any atom is 0.154 e. The SMILES string of the molecule is CC#Cc1ncccc1O. The lowest BCUT2D eigenvalue weighted by molar-refractivity contribution is 0.471. The van der Waals surface area contributed by atoms with Gasteiger partial charge in [-0.3, -0.25) is 0 Å². The summed E-state index contributed by atoms with van der Waals surface area (Å²) in [6, 6.07) is 3.23. The maximum atomic E-state index is 9.08. The first kappa shape index (κ1) is 6.63. The Morgan fingerprint density at radius 2 is 2.40 bits per heavy atom. The van der Waals surface area contributed by atoms with E-state index < -0.39 is 0 Å². The van der Waals surface area contributed by atoms with Gasteiger partial charge in [0.05, 0.1) is 0 Å². The second-order valence-corrected chi connectivity index (χ2v) is 1.75. The van der Waals surface area contributed by atoms with Crippen LogP contribution >= 0.6 is 0 Å². The summed E-state index contributed by atoms with van der Waals surface area (Å²) in [6.07, 6.45) is 1.60. The Balaban J connectivity index is 3.11. The Morgan fingerprint density at radius 3 is 3.00 bits per heavy atom. The average Bonchev–Trinajstić information content (AvgIpc) is 1.94. The van der Waals surface area contributed by atoms with Crippen LogP contribution < -0.4 is 0 Å². The molecule has 0 aromatic carbocycles. The molecule has 0 amide bonds. The summed E-state index contributed by atoms with van der Waals surface area (Å²) < 4.78 is 0. The molecule has 0 atom stereocenters. The lowest BCUT2D eigenvalue weighted by Crippen LogP contribution is -1.79. The molecule has 0 aliphatic carbocycles. The number of aromatic nitrogens is 1. The minimum absolute atomic E-state index is 0.136. The molecule has 1 N–H and O–H groups in total. The standard InChI is InChI=1S/C8H7NO/c1-2-4-7-8(10)5-3-6-9-7/h3,5-6,10H,1H3. The van der Waals surface area contributed by atoms with E-state index in [1.807, 2.05) is 0 Å². The molecular weight excluding hydrogens is 126 g/mol. The number of hydrogen-bond acceptors (Lipinski definition) is 2. The normalized spacial score (nSPS) is 8.10. The molecule has 1 aromatic rings. The van der Waals surface area contributed by atoms with Gasteiger partial charge in [-0.25, -0.2) is 4.98 Å². The monoisotopic (exact) mass is 133 g/mol. The van der Waals surface area contributed by atoms with Crippen LogP contribution in [0.1, 0.15) is 12.6 Å². The smallest absolute Gasteiger partial charge is 0.154 e. The summed E-state index contributed by atoms with van der Waals surface area (Å²) in [6.45, 7) is 1.70. The van der Waals surface area contributed by atoms with E-state index >= 15 is 0 Å². The van der Waals surface area contributed by atoms with Crippen molar-refractivity contribution in [2.75, 3.05) is 0 Å². The van der Waals surface area contributed by atoms with Crippen LogP contribution in [0.4, 0.5) is 0 Å². The van der Waals surface area contributed by atoms with Crippen molar-refractivity contribution in [3.05, 3.63) is 24.0 Å². The highest BCUT2D eigenvalue weighted by Crippen LogP contribution is 2.09. The Labute approximate surface area is 59.5 Å². The predicted octanol–water partition coefficient (Wildman–Crippen LogP) is 1.16. The van der Waals surface area contributed by atoms with Crippen LogP contribution in [0, 0.1) is 11.8 Å². The Kier molecular flexibility index (Phi) is 1.91. The van der Waals surface area contributed by atoms with Crippen LogP contribution in [-0.2, 0) is 0 Å². The van der Waals surface area contributed by atoms with Crippen LogP contribution in [0.3, 0.4) is 0 Å². The lowest BCUT2D eigenvalue weighted by atomic mass is 10.3. The van der Waals surface area contributed by atoms with E-state index in [4.69, 9.17) is 5.11 Å². The van der Waals surface area contributed by atoms with E-state index in [0.29, 0.717) is 5.69 Å². The molecule has 0 unspecified atom stereocenters. The molecule has 1 heterocycles. The van der Waals surface area contributed by atoms with Crippen LogP contribution in [0.15, 0.2) is 18.3 Å². The molecule has 0 bridgehead atoms. The summed E-state index contributed by atoms with van der Waals surface area (Å²) in [5, 5.41) is 9.08. The minimum atomic E-state index is 0.136. The zero-order valence-corrected chi connectivity index (χ0v) is 5.63. The number of pyridine rings is 1. The zero-order chi connectivity index (χ0) is 7.40. The van der Waals surface area contributed by atoms with E-state index in [1.165, 1.54) is 0 Å². The van der Waals surface area contributed by atoms with Crippen LogP contribution in [0.25, 0.3) is 0 Å². The predicted molar refractivity (Wildman–Crippen MR) is 38.5 cm³/mol. The second-order valence-electron chi connectivity index (χ2n) is 1.75. The first-order valence-corrected chi connectivity index (χ1v) is 2.91. The van der Waals surface area contributed by atoms with Gasteiger partial charge in [0.1, 0.15) is 5.75 Å². The summed E-state index contributed by atoms with van der Waals surface area (Å²) in [7, 11) is 0. The third-order valence-electron chi connectivity index (χ3n) is 1.03. The largest absolute Gasteiger partial charge is 0.505 e. The fourth-order valence-electron chi connectivity index (χ4n) is 0.612. The quantitative estimate of drug-likeness (QED) is 0.539. The van der Waals surface area contributed by atoms with Gasteiger partial charge in [-0.1, -0.05) is 5.92 Å². The first-order chi connectivity index (χ1) is 4.84. The molecule has 50 valence electrons. The van der Waals surface area contributed by atoms with Crippen molar-refractivity contribution < 1.29 is 5.11 Å². The van der Waals surface area contributed by atoms with Crippen LogP contribution in [0.5, 0.6) is 5.75 Å². The van der Waals surface area contributed by atoms with Gasteiger partial charge < -0.3 is 5.11 Å². The Hall–Kier alpha value is -1.49. The molecule has 0 saturated heterocycles. The molecule has 0 radical (unpaired) electrons. The highest BCUT2D eigenvalue weighted by atomic mass is 16.3. The van der Waals surface area contributed by atoms with Crippen molar-refractivity contribution in [2.45, 2.75) is 6.92 Å². The van der Waals surface area contributed by atoms with Gasteiger partial charge in [0.25, 0.3) is 0 Å². The van der Waals surface area contributed by atoms with E-state index in [9.17, 15) is 0 Å². The van der Waals surface area contributed by atoms with E-state index in [2.05, 4.69) is 16.8 Å². The zero-order valence-electron chi connectivity index (χ0n) is 5.63. The molecule has 1 rings (SSSR count). The number of aromatic hydroxyl groups is 1. The molecule has 10 heavy (non-hydrogen) atoms. The first-order valence-electron chi connectivity index (χ1n) is 2.91. The van der Waals surface area contributed by atoms with E-state index in [-0.39, 0.29) is 5.75 Å². The third kappa shape index (κ3) is 1.26. The van der Waals surface area contributed by atoms with E-state index in [0.717, 1.165) is 0 Å². The van der Waals surface area contributed by atoms with Crippen molar-refractivity contribution in [1.29, 1.82) is 0 Å². The van der Waals surface area contributed by atoms with Gasteiger partial charge in [-0.15, -0.1) is 0 Å². The van der Waals surface area contributed by atoms with Crippen molar-refractivity contribution in [3.8, 4) is 17.6 Å². The maximum absolute atomic E-state index is 9.08. The summed E-state index contributed by atoms with van der Waals surface area (Å²) in [5.74, 6) is 5.45. The van der Waals surface area contributed by atoms with Gasteiger partial charge in [0, 0.05) is 6.20 Å². The van der Waals surface area contributed by atoms with Crippen molar-refractivity contribution in [1.82, 2.24) is 4.98 Å². The molecule has 2 nitrogen and oxygen atoms in total. The van der Waals surface area contributed by atoms with Crippen molar-refractivity contribution in [3.63, 3.8) is 0 Å². The van der Waals surface area contributed by atoms with Crippen LogP contribution in [0.2, 0.25) is 0 Å². The van der Waals surface area contributed by atoms with Crippen LogP contribution in [-0.4, -0.2) is 10.1 Å². The Morgan fingerprint density at radius 1 is 1.60 bits per heavy atom. The number of hydrogen-bond donors (Lipinski definition) is 1. The molecule has 1 aromatic heterocycles. The summed E-state index contributed by atoms with van der Waals surface area (Å²) in [4.78, 5) is 3.84. The lowest BCUT2D eigenvalue weighted by Gasteiger charge is -1.91. The van der Waals surface area contributed by atoms with Gasteiger partial charge in [-0.05, 0) is 25.0 Å². The molecule has 0 saturated carbocycles. The van der Waals surface area contributed by atoms with Gasteiger partial charge in [0.2, 0.25) is 0 Å². The molecule has 0 spiro atoms. The second kappa shape index (κ2) is 2.88. The van der Waals surface area contributed by atoms with Gasteiger partial charge in [-0.2, -0.15) is 0 Å². The van der Waals surface area contributed by atoms with Gasteiger partial charge >= 0.3 is 0 Å². The molecule has 0 fully saturated rings. The fourth-order valence-corrected chi connectivity index (χ4v) is 0.612. The molecule has 0 aliphatic heterocycles. The highest BCUT2D eigenvalue weighted by Gasteiger charge is 1.93. The third-order valence-corrected chi connectivity index (χ3v) is 1.03. The molecule has 2 heteroatoms. The van der Waals surface area contributed by atoms with Gasteiger partial charge in [0.15, 0.2) is 5.69 Å². The number of nitrogens with zero attached hydrogens (tertiary/aromatic N) is 1. The Bertz CT molecular complexity index is 283. The summed E-state index contributed by atoms with van der Waals surface area (Å²) in [5.41, 5.74) is 0.435. The van der Waals surface area contributed by atoms with Crippen molar-refractivity contribution in [2.24, 2.45) is 0 Å². The van der Waals surface area contributed by atoms with E-state index in [1.54, 1.807) is 25.3 Å². The summed E-state index contributed by atoms with van der Waals surface area (Å²) >= 11 is 0. The molecule has 0 aliphatic rings. The topological polar surface area (TPSA) is 33.1 Å². The number of rotatable bonds is 0. The minimum Gasteiger partial charge on any atom is -0.505 e. The highest BCUT2D eigenvalue weighted by molar-refractivity contribution is 5.38. The molecular formula is C8H7NO. The average molecular weight is 133 g/mol. The fraction of sp³-hybridized carbons (Fsp3) is 0.125.